The molecule has 1 aliphatic heterocycles. The van der Waals surface area contributed by atoms with Crippen LogP contribution in [-0.2, 0) is 14.2 Å². The molecule has 1 rings (SSSR count). The van der Waals surface area contributed by atoms with Crippen molar-refractivity contribution in [1.29, 1.82) is 0 Å². The van der Waals surface area contributed by atoms with Gasteiger partial charge < -0.3 is 19.3 Å². The Morgan fingerprint density at radius 2 is 2.45 bits per heavy atom. The van der Waals surface area contributed by atoms with Crippen molar-refractivity contribution < 1.29 is 19.3 Å². The highest BCUT2D eigenvalue weighted by molar-refractivity contribution is 4.63. The number of hydrogen-bond donors (Lipinski definition) is 1. The second-order valence-electron chi connectivity index (χ2n) is 2.49. The van der Waals surface area contributed by atoms with Crippen LogP contribution in [0.15, 0.2) is 0 Å². The Labute approximate surface area is 66.1 Å². The molecule has 0 aliphatic carbocycles. The maximum atomic E-state index is 8.67. The minimum atomic E-state index is -0.188. The lowest BCUT2D eigenvalue weighted by molar-refractivity contribution is -0.0783. The summed E-state index contributed by atoms with van der Waals surface area (Å²) in [5.74, 6) is 0. The van der Waals surface area contributed by atoms with E-state index in [4.69, 9.17) is 19.3 Å². The van der Waals surface area contributed by atoms with Crippen molar-refractivity contribution in [3.63, 3.8) is 0 Å². The SMILES string of the molecule is COCCC1OCC(CO)O1. The van der Waals surface area contributed by atoms with Gasteiger partial charge in [0, 0.05) is 13.5 Å². The number of aliphatic hydroxyl groups is 1. The van der Waals surface area contributed by atoms with E-state index in [0.29, 0.717) is 13.2 Å². The second kappa shape index (κ2) is 4.66. The van der Waals surface area contributed by atoms with Gasteiger partial charge in [-0.05, 0) is 0 Å². The molecule has 4 heteroatoms. The quantitative estimate of drug-likeness (QED) is 0.619. The summed E-state index contributed by atoms with van der Waals surface area (Å²) in [7, 11) is 1.64. The van der Waals surface area contributed by atoms with Crippen molar-refractivity contribution in [3.05, 3.63) is 0 Å². The van der Waals surface area contributed by atoms with Crippen molar-refractivity contribution in [1.82, 2.24) is 0 Å². The third kappa shape index (κ3) is 2.75. The van der Waals surface area contributed by atoms with Gasteiger partial charge in [0.15, 0.2) is 6.29 Å². The van der Waals surface area contributed by atoms with Crippen LogP contribution in [0.3, 0.4) is 0 Å². The molecule has 0 aromatic rings. The molecule has 2 unspecified atom stereocenters. The molecular weight excluding hydrogens is 148 g/mol. The summed E-state index contributed by atoms with van der Waals surface area (Å²) in [4.78, 5) is 0. The van der Waals surface area contributed by atoms with E-state index in [1.807, 2.05) is 0 Å². The van der Waals surface area contributed by atoms with Gasteiger partial charge >= 0.3 is 0 Å². The molecule has 1 N–H and O–H groups in total. The van der Waals surface area contributed by atoms with Gasteiger partial charge in [-0.2, -0.15) is 0 Å². The number of ether oxygens (including phenoxy) is 3. The second-order valence-corrected chi connectivity index (χ2v) is 2.49. The first-order valence-electron chi connectivity index (χ1n) is 3.73. The van der Waals surface area contributed by atoms with E-state index < -0.39 is 0 Å². The average molecular weight is 162 g/mol. The molecule has 2 atom stereocenters. The van der Waals surface area contributed by atoms with E-state index in [0.717, 1.165) is 6.42 Å². The summed E-state index contributed by atoms with van der Waals surface area (Å²) >= 11 is 0. The molecule has 11 heavy (non-hydrogen) atoms. The molecule has 1 heterocycles. The Bertz CT molecular complexity index is 107. The van der Waals surface area contributed by atoms with E-state index in [9.17, 15) is 0 Å². The van der Waals surface area contributed by atoms with Crippen LogP contribution in [0.5, 0.6) is 0 Å². The van der Waals surface area contributed by atoms with Crippen LogP contribution in [0.25, 0.3) is 0 Å². The lowest BCUT2D eigenvalue weighted by Gasteiger charge is -2.08. The van der Waals surface area contributed by atoms with Crippen LogP contribution < -0.4 is 0 Å². The monoisotopic (exact) mass is 162 g/mol. The van der Waals surface area contributed by atoms with Crippen LogP contribution in [0.1, 0.15) is 6.42 Å². The zero-order chi connectivity index (χ0) is 8.10. The number of methoxy groups -OCH3 is 1. The minimum absolute atomic E-state index is 0.0312. The molecule has 0 radical (unpaired) electrons. The number of aliphatic hydroxyl groups excluding tert-OH is 1. The van der Waals surface area contributed by atoms with Gasteiger partial charge in [0.05, 0.1) is 19.8 Å². The molecule has 0 amide bonds. The molecule has 1 fully saturated rings. The fourth-order valence-corrected chi connectivity index (χ4v) is 0.969. The topological polar surface area (TPSA) is 47.9 Å². The van der Waals surface area contributed by atoms with Crippen molar-refractivity contribution >= 4 is 0 Å². The van der Waals surface area contributed by atoms with Crippen LogP contribution >= 0.6 is 0 Å². The van der Waals surface area contributed by atoms with Crippen molar-refractivity contribution in [3.8, 4) is 0 Å². The maximum Gasteiger partial charge on any atom is 0.160 e. The van der Waals surface area contributed by atoms with Crippen LogP contribution in [0.4, 0.5) is 0 Å². The van der Waals surface area contributed by atoms with Gasteiger partial charge in [0.1, 0.15) is 6.10 Å². The van der Waals surface area contributed by atoms with Crippen LogP contribution in [0, 0.1) is 0 Å². The Morgan fingerprint density at radius 1 is 1.64 bits per heavy atom. The van der Waals surface area contributed by atoms with E-state index in [-0.39, 0.29) is 19.0 Å². The Morgan fingerprint density at radius 3 is 3.00 bits per heavy atom. The van der Waals surface area contributed by atoms with Gasteiger partial charge in [0.25, 0.3) is 0 Å². The van der Waals surface area contributed by atoms with Gasteiger partial charge in [0.2, 0.25) is 0 Å². The van der Waals surface area contributed by atoms with Gasteiger partial charge in [-0.25, -0.2) is 0 Å². The Balaban J connectivity index is 2.09. The zero-order valence-electron chi connectivity index (χ0n) is 6.66. The lowest BCUT2D eigenvalue weighted by atomic mass is 10.4. The highest BCUT2D eigenvalue weighted by Gasteiger charge is 2.24. The van der Waals surface area contributed by atoms with E-state index in [1.54, 1.807) is 7.11 Å². The normalized spacial score (nSPS) is 31.1. The highest BCUT2D eigenvalue weighted by atomic mass is 16.7. The molecular formula is C7H14O4. The molecule has 0 saturated carbocycles. The van der Waals surface area contributed by atoms with Crippen molar-refractivity contribution in [2.24, 2.45) is 0 Å². The summed E-state index contributed by atoms with van der Waals surface area (Å²) in [6.07, 6.45) is 0.399. The molecule has 0 bridgehead atoms. The predicted molar refractivity (Wildman–Crippen MR) is 38.2 cm³/mol. The lowest BCUT2D eigenvalue weighted by Crippen LogP contribution is -2.17. The molecule has 0 spiro atoms. The van der Waals surface area contributed by atoms with Gasteiger partial charge in [-0.3, -0.25) is 0 Å². The van der Waals surface area contributed by atoms with Crippen LogP contribution in [0.2, 0.25) is 0 Å². The maximum absolute atomic E-state index is 8.67. The first-order valence-corrected chi connectivity index (χ1v) is 3.73. The summed E-state index contributed by atoms with van der Waals surface area (Å²) in [6.45, 7) is 1.15. The van der Waals surface area contributed by atoms with E-state index in [2.05, 4.69) is 0 Å². The predicted octanol–water partition coefficient (Wildman–Crippen LogP) is -0.243. The molecule has 0 aromatic heterocycles. The van der Waals surface area contributed by atoms with E-state index in [1.165, 1.54) is 0 Å². The molecule has 1 aliphatic rings. The Kier molecular flexibility index (Phi) is 3.79. The highest BCUT2D eigenvalue weighted by Crippen LogP contribution is 2.13. The zero-order valence-corrected chi connectivity index (χ0v) is 6.66. The fourth-order valence-electron chi connectivity index (χ4n) is 0.969. The first-order chi connectivity index (χ1) is 5.36. The third-order valence-electron chi connectivity index (χ3n) is 1.57. The van der Waals surface area contributed by atoms with Crippen molar-refractivity contribution in [2.45, 2.75) is 18.8 Å². The molecule has 1 saturated heterocycles. The number of rotatable bonds is 4. The van der Waals surface area contributed by atoms with Crippen molar-refractivity contribution in [2.75, 3.05) is 26.9 Å². The largest absolute Gasteiger partial charge is 0.394 e. The first kappa shape index (κ1) is 8.93. The minimum Gasteiger partial charge on any atom is -0.394 e. The van der Waals surface area contributed by atoms with Gasteiger partial charge in [-0.15, -0.1) is 0 Å². The summed E-state index contributed by atoms with van der Waals surface area (Å²) < 4.78 is 15.3. The molecule has 4 nitrogen and oxygen atoms in total. The molecule has 0 aromatic carbocycles. The van der Waals surface area contributed by atoms with E-state index >= 15 is 0 Å². The Hall–Kier alpha value is -0.160. The standard InChI is InChI=1S/C7H14O4/c1-9-3-2-7-10-5-6(4-8)11-7/h6-8H,2-5H2,1H3. The third-order valence-corrected chi connectivity index (χ3v) is 1.57. The van der Waals surface area contributed by atoms with Crippen LogP contribution in [-0.4, -0.2) is 44.4 Å². The molecule has 66 valence electrons. The summed E-state index contributed by atoms with van der Waals surface area (Å²) in [6, 6.07) is 0. The summed E-state index contributed by atoms with van der Waals surface area (Å²) in [5.41, 5.74) is 0. The number of hydrogen-bond acceptors (Lipinski definition) is 4. The van der Waals surface area contributed by atoms with Gasteiger partial charge in [-0.1, -0.05) is 0 Å². The smallest absolute Gasteiger partial charge is 0.160 e. The summed E-state index contributed by atoms with van der Waals surface area (Å²) in [5, 5.41) is 8.67. The fraction of sp³-hybridized carbons (Fsp3) is 1.00. The average Bonchev–Trinajstić information content (AvgIpc) is 2.48.